The minimum atomic E-state index is -1.18. The van der Waals surface area contributed by atoms with E-state index in [-0.39, 0.29) is 12.3 Å². The Morgan fingerprint density at radius 3 is 2.79 bits per heavy atom. The topological polar surface area (TPSA) is 84.5 Å². The number of ether oxygens (including phenoxy) is 2. The Morgan fingerprint density at radius 1 is 1.38 bits per heavy atom. The lowest BCUT2D eigenvalue weighted by Gasteiger charge is -2.40. The molecule has 1 aliphatic carbocycles. The van der Waals surface area contributed by atoms with Gasteiger partial charge in [-0.1, -0.05) is 36.4 Å². The molecule has 128 valence electrons. The van der Waals surface area contributed by atoms with Gasteiger partial charge >= 0.3 is 0 Å². The fraction of sp³-hybridized carbons (Fsp3) is 0.471. The highest BCUT2D eigenvalue weighted by Crippen LogP contribution is 2.43. The Morgan fingerprint density at radius 2 is 2.12 bits per heavy atom. The van der Waals surface area contributed by atoms with Crippen LogP contribution < -0.4 is 5.48 Å². The predicted molar refractivity (Wildman–Crippen MR) is 84.1 cm³/mol. The lowest BCUT2D eigenvalue weighted by atomic mass is 9.79. The van der Waals surface area contributed by atoms with Crippen LogP contribution in [0.25, 0.3) is 4.85 Å². The van der Waals surface area contributed by atoms with Crippen LogP contribution in [-0.2, 0) is 20.9 Å². The fourth-order valence-corrected chi connectivity index (χ4v) is 3.17. The maximum atomic E-state index is 10.3. The standard InChI is InChI=1S/C17H20N2O5/c1-18-13-8-12(20)15(21)16-17(13,9-14(22-2)24-16)19-23-10-11-6-4-3-5-7-11/h3-8,12,14-16,19-21H,9-10H2,2H3/t12?,14-,15+,16?,17?/m0/s1. The first-order valence-electron chi connectivity index (χ1n) is 7.68. The van der Waals surface area contributed by atoms with Crippen LogP contribution in [0.5, 0.6) is 0 Å². The summed E-state index contributed by atoms with van der Waals surface area (Å²) in [6.07, 6.45) is -2.16. The zero-order chi connectivity index (χ0) is 17.2. The molecule has 1 fully saturated rings. The molecule has 0 aromatic heterocycles. The van der Waals surface area contributed by atoms with Crippen molar-refractivity contribution >= 4 is 0 Å². The van der Waals surface area contributed by atoms with E-state index in [0.29, 0.717) is 6.42 Å². The van der Waals surface area contributed by atoms with E-state index in [1.165, 1.54) is 13.2 Å². The molecule has 3 unspecified atom stereocenters. The Bertz CT molecular complexity index is 644. The summed E-state index contributed by atoms with van der Waals surface area (Å²) >= 11 is 0. The molecule has 3 N–H and O–H groups in total. The van der Waals surface area contributed by atoms with E-state index >= 15 is 0 Å². The summed E-state index contributed by atoms with van der Waals surface area (Å²) in [5.74, 6) is 0. The monoisotopic (exact) mass is 332 g/mol. The number of rotatable bonds is 5. The first-order valence-corrected chi connectivity index (χ1v) is 7.68. The van der Waals surface area contributed by atoms with Gasteiger partial charge in [-0.15, -0.1) is 0 Å². The molecule has 1 aromatic carbocycles. The summed E-state index contributed by atoms with van der Waals surface area (Å²) < 4.78 is 10.9. The SMILES string of the molecule is [C-]#[N+]C1=CC(O)[C@@H](O)C2O[C@H](OC)CC12NOCc1ccccc1. The molecular weight excluding hydrogens is 312 g/mol. The van der Waals surface area contributed by atoms with Gasteiger partial charge in [0.15, 0.2) is 12.0 Å². The molecule has 2 aliphatic rings. The van der Waals surface area contributed by atoms with Crippen molar-refractivity contribution in [2.45, 2.75) is 43.2 Å². The minimum absolute atomic E-state index is 0.248. The van der Waals surface area contributed by atoms with Gasteiger partial charge in [-0.2, -0.15) is 5.48 Å². The molecule has 7 nitrogen and oxygen atoms in total. The third-order valence-corrected chi connectivity index (χ3v) is 4.44. The van der Waals surface area contributed by atoms with Crippen LogP contribution in [0.15, 0.2) is 42.1 Å². The number of hydroxylamine groups is 1. The molecule has 1 heterocycles. The number of fused-ring (bicyclic) bond motifs is 1. The van der Waals surface area contributed by atoms with Crippen LogP contribution >= 0.6 is 0 Å². The largest absolute Gasteiger partial charge is 0.388 e. The molecule has 0 amide bonds. The van der Waals surface area contributed by atoms with Crippen LogP contribution in [0.2, 0.25) is 0 Å². The van der Waals surface area contributed by atoms with Crippen LogP contribution in [0.3, 0.4) is 0 Å². The summed E-state index contributed by atoms with van der Waals surface area (Å²) in [5, 5.41) is 20.2. The molecular formula is C17H20N2O5. The van der Waals surface area contributed by atoms with Crippen molar-refractivity contribution in [3.8, 4) is 0 Å². The summed E-state index contributed by atoms with van der Waals surface area (Å²) in [4.78, 5) is 9.11. The first-order chi connectivity index (χ1) is 11.6. The lowest BCUT2D eigenvalue weighted by molar-refractivity contribution is -0.164. The highest BCUT2D eigenvalue weighted by atomic mass is 16.7. The van der Waals surface area contributed by atoms with E-state index in [9.17, 15) is 10.2 Å². The second-order valence-electron chi connectivity index (χ2n) is 5.92. The van der Waals surface area contributed by atoms with E-state index < -0.39 is 30.1 Å². The number of nitrogens with zero attached hydrogens (tertiary/aromatic N) is 1. The average Bonchev–Trinajstić information content (AvgIpc) is 2.99. The smallest absolute Gasteiger partial charge is 0.189 e. The van der Waals surface area contributed by atoms with Gasteiger partial charge in [-0.05, 0) is 5.56 Å². The minimum Gasteiger partial charge on any atom is -0.388 e. The Kier molecular flexibility index (Phi) is 4.96. The molecule has 24 heavy (non-hydrogen) atoms. The summed E-state index contributed by atoms with van der Waals surface area (Å²) in [7, 11) is 1.49. The number of methoxy groups -OCH3 is 1. The Balaban J connectivity index is 1.82. The maximum Gasteiger partial charge on any atom is 0.189 e. The molecule has 0 saturated carbocycles. The number of nitrogens with one attached hydrogen (secondary N) is 1. The molecule has 0 bridgehead atoms. The third kappa shape index (κ3) is 2.96. The van der Waals surface area contributed by atoms with E-state index in [1.807, 2.05) is 30.3 Å². The number of hydrogen-bond donors (Lipinski definition) is 3. The van der Waals surface area contributed by atoms with Gasteiger partial charge in [-0.25, -0.2) is 4.85 Å². The molecule has 1 aromatic rings. The maximum absolute atomic E-state index is 10.3. The van der Waals surface area contributed by atoms with Gasteiger partial charge in [0.2, 0.25) is 0 Å². The molecule has 7 heteroatoms. The van der Waals surface area contributed by atoms with Gasteiger partial charge in [0.1, 0.15) is 17.7 Å². The van der Waals surface area contributed by atoms with Crippen LogP contribution in [0.1, 0.15) is 12.0 Å². The second-order valence-corrected chi connectivity index (χ2v) is 5.92. The van der Waals surface area contributed by atoms with Crippen LogP contribution in [-0.4, -0.2) is 47.5 Å². The Hall–Kier alpha value is -1.79. The highest BCUT2D eigenvalue weighted by molar-refractivity contribution is 5.36. The number of hydrogen-bond acceptors (Lipinski definition) is 6. The zero-order valence-electron chi connectivity index (χ0n) is 13.3. The van der Waals surface area contributed by atoms with Crippen molar-refractivity contribution in [1.29, 1.82) is 0 Å². The quantitative estimate of drug-likeness (QED) is 0.545. The van der Waals surface area contributed by atoms with Crippen LogP contribution in [0.4, 0.5) is 0 Å². The number of aliphatic hydroxyl groups excluding tert-OH is 2. The van der Waals surface area contributed by atoms with Crippen molar-refractivity contribution in [2.24, 2.45) is 0 Å². The predicted octanol–water partition coefficient (Wildman–Crippen LogP) is 0.747. The molecule has 3 rings (SSSR count). The highest BCUT2D eigenvalue weighted by Gasteiger charge is 2.59. The van der Waals surface area contributed by atoms with Gasteiger partial charge < -0.3 is 19.7 Å². The van der Waals surface area contributed by atoms with Crippen molar-refractivity contribution in [3.05, 3.63) is 59.1 Å². The van der Waals surface area contributed by atoms with Gasteiger partial charge in [0.25, 0.3) is 0 Å². The average molecular weight is 332 g/mol. The summed E-state index contributed by atoms with van der Waals surface area (Å²) in [5.41, 5.74) is 3.05. The van der Waals surface area contributed by atoms with E-state index in [4.69, 9.17) is 20.9 Å². The summed E-state index contributed by atoms with van der Waals surface area (Å²) in [6.45, 7) is 7.71. The van der Waals surface area contributed by atoms with E-state index in [2.05, 4.69) is 10.3 Å². The van der Waals surface area contributed by atoms with Crippen molar-refractivity contribution in [2.75, 3.05) is 7.11 Å². The van der Waals surface area contributed by atoms with E-state index in [0.717, 1.165) is 5.56 Å². The van der Waals surface area contributed by atoms with Crippen LogP contribution in [0, 0.1) is 6.57 Å². The van der Waals surface area contributed by atoms with Gasteiger partial charge in [-0.3, -0.25) is 4.84 Å². The summed E-state index contributed by atoms with van der Waals surface area (Å²) in [6, 6.07) is 9.57. The Labute approximate surface area is 140 Å². The fourth-order valence-electron chi connectivity index (χ4n) is 3.17. The van der Waals surface area contributed by atoms with Crippen molar-refractivity contribution in [1.82, 2.24) is 5.48 Å². The number of aliphatic hydroxyl groups is 2. The molecule has 0 radical (unpaired) electrons. The second kappa shape index (κ2) is 6.99. The third-order valence-electron chi connectivity index (χ3n) is 4.44. The first kappa shape index (κ1) is 17.0. The number of benzene rings is 1. The lowest BCUT2D eigenvalue weighted by Crippen LogP contribution is -2.61. The van der Waals surface area contributed by atoms with Crippen molar-refractivity contribution in [3.63, 3.8) is 0 Å². The normalized spacial score (nSPS) is 35.2. The zero-order valence-corrected chi connectivity index (χ0v) is 13.3. The molecule has 1 saturated heterocycles. The molecule has 5 atom stereocenters. The molecule has 1 aliphatic heterocycles. The van der Waals surface area contributed by atoms with Gasteiger partial charge in [0, 0.05) is 13.5 Å². The van der Waals surface area contributed by atoms with Gasteiger partial charge in [0.05, 0.1) is 19.3 Å². The molecule has 0 spiro atoms. The van der Waals surface area contributed by atoms with E-state index in [1.54, 1.807) is 0 Å². The van der Waals surface area contributed by atoms with Crippen molar-refractivity contribution < 1.29 is 24.5 Å².